The zero-order chi connectivity index (χ0) is 27.6. The van der Waals surface area contributed by atoms with Crippen LogP contribution in [0.4, 0.5) is 0 Å². The van der Waals surface area contributed by atoms with Crippen LogP contribution in [-0.2, 0) is 15.3 Å². The van der Waals surface area contributed by atoms with Crippen LogP contribution in [0.3, 0.4) is 0 Å². The number of aromatic carboxylic acids is 1. The Morgan fingerprint density at radius 2 is 1.46 bits per heavy atom. The van der Waals surface area contributed by atoms with Gasteiger partial charge in [0.1, 0.15) is 17.5 Å². The second kappa shape index (κ2) is 11.3. The Bertz CT molecular complexity index is 935. The molecule has 0 aliphatic heterocycles. The van der Waals surface area contributed by atoms with Gasteiger partial charge in [-0.2, -0.15) is 11.8 Å². The first kappa shape index (κ1) is 31.5. The van der Waals surface area contributed by atoms with Crippen LogP contribution in [0.25, 0.3) is 0 Å². The minimum absolute atomic E-state index is 0.0537. The lowest BCUT2D eigenvalue weighted by molar-refractivity contribution is -0.141. The third-order valence-electron chi connectivity index (χ3n) is 7.21. The van der Waals surface area contributed by atoms with Crippen molar-refractivity contribution in [3.05, 3.63) is 22.8 Å². The van der Waals surface area contributed by atoms with E-state index >= 15 is 0 Å². The highest BCUT2D eigenvalue weighted by molar-refractivity contribution is 7.98. The molecule has 35 heavy (non-hydrogen) atoms. The number of methoxy groups -OCH3 is 1. The zero-order valence-electron chi connectivity index (χ0n) is 23.5. The van der Waals surface area contributed by atoms with E-state index in [1.54, 1.807) is 6.92 Å². The quantitative estimate of drug-likeness (QED) is 0.265. The summed E-state index contributed by atoms with van der Waals surface area (Å²) in [7, 11) is -3.24. The molecule has 0 bridgehead atoms. The molecule has 3 N–H and O–H groups in total. The SMILES string of the molecule is COC(=O)[C@@H](N)CSCc1c(O[Si](C)(C)C(C)(C)C)cc(O[Si](C)(C)C(C)(C)C)c(C)c1C(=O)O. The summed E-state index contributed by atoms with van der Waals surface area (Å²) >= 11 is 1.38. The number of benzene rings is 1. The van der Waals surface area contributed by atoms with Crippen LogP contribution in [0.15, 0.2) is 6.07 Å². The highest BCUT2D eigenvalue weighted by Crippen LogP contribution is 2.44. The van der Waals surface area contributed by atoms with Crippen molar-refractivity contribution in [3.63, 3.8) is 0 Å². The molecule has 1 atom stereocenters. The zero-order valence-corrected chi connectivity index (χ0v) is 26.4. The van der Waals surface area contributed by atoms with Crippen LogP contribution < -0.4 is 14.6 Å². The van der Waals surface area contributed by atoms with Crippen LogP contribution in [0.5, 0.6) is 11.5 Å². The van der Waals surface area contributed by atoms with Gasteiger partial charge in [0.25, 0.3) is 0 Å². The molecule has 1 rings (SSSR count). The van der Waals surface area contributed by atoms with Gasteiger partial charge >= 0.3 is 11.9 Å². The average Bonchev–Trinajstić information content (AvgIpc) is 2.67. The molecule has 0 amide bonds. The lowest BCUT2D eigenvalue weighted by atomic mass is 10.0. The summed E-state index contributed by atoms with van der Waals surface area (Å²) in [6, 6.07) is 1.09. The Hall–Kier alpha value is -1.50. The van der Waals surface area contributed by atoms with E-state index in [9.17, 15) is 14.7 Å². The molecule has 0 heterocycles. The Balaban J connectivity index is 3.67. The summed E-state index contributed by atoms with van der Waals surface area (Å²) < 4.78 is 18.0. The van der Waals surface area contributed by atoms with Gasteiger partial charge in [-0.25, -0.2) is 4.79 Å². The van der Waals surface area contributed by atoms with Gasteiger partial charge in [-0.05, 0) is 43.2 Å². The monoisotopic (exact) mass is 543 g/mol. The number of ether oxygens (including phenoxy) is 1. The van der Waals surface area contributed by atoms with Gasteiger partial charge in [0.15, 0.2) is 0 Å². The third kappa shape index (κ3) is 7.74. The van der Waals surface area contributed by atoms with E-state index in [-0.39, 0.29) is 15.6 Å². The Morgan fingerprint density at radius 3 is 1.86 bits per heavy atom. The van der Waals surface area contributed by atoms with Gasteiger partial charge in [-0.3, -0.25) is 4.79 Å². The summed E-state index contributed by atoms with van der Waals surface area (Å²) in [5.74, 6) is 0.193. The molecule has 0 aliphatic rings. The summed E-state index contributed by atoms with van der Waals surface area (Å²) in [4.78, 5) is 24.2. The van der Waals surface area contributed by atoms with Gasteiger partial charge in [-0.15, -0.1) is 0 Å². The number of carbonyl (C=O) groups is 2. The maximum atomic E-state index is 12.5. The second-order valence-electron chi connectivity index (χ2n) is 12.0. The van der Waals surface area contributed by atoms with Crippen LogP contribution in [0, 0.1) is 6.92 Å². The van der Waals surface area contributed by atoms with Crippen LogP contribution >= 0.6 is 11.8 Å². The lowest BCUT2D eigenvalue weighted by Crippen LogP contribution is -2.45. The Morgan fingerprint density at radius 1 is 1.00 bits per heavy atom. The van der Waals surface area contributed by atoms with Crippen molar-refractivity contribution in [3.8, 4) is 11.5 Å². The minimum atomic E-state index is -2.30. The number of carbonyl (C=O) groups excluding carboxylic acids is 1. The normalized spacial score (nSPS) is 13.9. The van der Waals surface area contributed by atoms with E-state index in [0.717, 1.165) is 0 Å². The van der Waals surface area contributed by atoms with Crippen molar-refractivity contribution in [2.45, 2.75) is 96.5 Å². The number of esters is 1. The Labute approximate surface area is 217 Å². The van der Waals surface area contributed by atoms with Gasteiger partial charge < -0.3 is 24.4 Å². The molecule has 10 heteroatoms. The molecule has 7 nitrogen and oxygen atoms in total. The van der Waals surface area contributed by atoms with Crippen molar-refractivity contribution < 1.29 is 28.3 Å². The number of carboxylic acids is 1. The van der Waals surface area contributed by atoms with E-state index < -0.39 is 34.6 Å². The molecule has 0 radical (unpaired) electrons. The van der Waals surface area contributed by atoms with Crippen LogP contribution in [0.1, 0.15) is 63.0 Å². The average molecular weight is 544 g/mol. The molecule has 200 valence electrons. The van der Waals surface area contributed by atoms with Crippen molar-refractivity contribution in [1.82, 2.24) is 0 Å². The van der Waals surface area contributed by atoms with E-state index in [4.69, 9.17) is 19.3 Å². The number of thioether (sulfide) groups is 1. The first-order valence-electron chi connectivity index (χ1n) is 11.8. The summed E-state index contributed by atoms with van der Waals surface area (Å²) in [5, 5.41) is 10.1. The molecule has 1 aromatic rings. The van der Waals surface area contributed by atoms with Gasteiger partial charge in [-0.1, -0.05) is 41.5 Å². The molecule has 1 aromatic carbocycles. The van der Waals surface area contributed by atoms with Gasteiger partial charge in [0, 0.05) is 28.7 Å². The largest absolute Gasteiger partial charge is 0.543 e. The number of rotatable bonds is 10. The molecular formula is C25H45NO6SSi2. The summed E-state index contributed by atoms with van der Waals surface area (Å²) in [6.45, 7) is 23.2. The fraction of sp³-hybridized carbons (Fsp3) is 0.680. The predicted molar refractivity (Wildman–Crippen MR) is 150 cm³/mol. The van der Waals surface area contributed by atoms with Gasteiger partial charge in [0.05, 0.1) is 12.7 Å². The fourth-order valence-electron chi connectivity index (χ4n) is 2.78. The number of carboxylic acid groups (broad SMARTS) is 1. The lowest BCUT2D eigenvalue weighted by Gasteiger charge is -2.39. The van der Waals surface area contributed by atoms with E-state index in [2.05, 4.69) is 67.7 Å². The minimum Gasteiger partial charge on any atom is -0.543 e. The molecular weight excluding hydrogens is 499 g/mol. The maximum absolute atomic E-state index is 12.5. The first-order valence-corrected chi connectivity index (χ1v) is 18.8. The Kier molecular flexibility index (Phi) is 10.2. The fourth-order valence-corrected chi connectivity index (χ4v) is 5.89. The molecule has 0 fully saturated rings. The van der Waals surface area contributed by atoms with Crippen LogP contribution in [-0.4, -0.2) is 52.6 Å². The smallest absolute Gasteiger partial charge is 0.336 e. The molecule has 0 spiro atoms. The van der Waals surface area contributed by atoms with E-state index in [1.165, 1.54) is 18.9 Å². The van der Waals surface area contributed by atoms with Crippen molar-refractivity contribution >= 4 is 40.3 Å². The third-order valence-corrected chi connectivity index (χ3v) is 17.0. The van der Waals surface area contributed by atoms with E-state index in [0.29, 0.717) is 34.1 Å². The molecule has 0 saturated carbocycles. The summed E-state index contributed by atoms with van der Waals surface area (Å²) in [5.41, 5.74) is 7.26. The number of hydrogen-bond donors (Lipinski definition) is 2. The second-order valence-corrected chi connectivity index (χ2v) is 22.5. The van der Waals surface area contributed by atoms with Gasteiger partial charge in [0.2, 0.25) is 16.6 Å². The molecule has 0 unspecified atom stereocenters. The number of nitrogens with two attached hydrogens (primary N) is 1. The first-order chi connectivity index (χ1) is 15.7. The highest BCUT2D eigenvalue weighted by atomic mass is 32.2. The highest BCUT2D eigenvalue weighted by Gasteiger charge is 2.42. The predicted octanol–water partition coefficient (Wildman–Crippen LogP) is 6.19. The van der Waals surface area contributed by atoms with E-state index in [1.807, 2.05) is 6.07 Å². The topological polar surface area (TPSA) is 108 Å². The van der Waals surface area contributed by atoms with Crippen molar-refractivity contribution in [1.29, 1.82) is 0 Å². The molecule has 0 aliphatic carbocycles. The molecule has 0 saturated heterocycles. The molecule has 0 aromatic heterocycles. The standard InChI is InChI=1S/C25H45NO6SSi2/c1-16-19(31-34(9,10)24(2,3)4)13-20(32-35(11,12)25(5,6)7)17(21(16)22(27)28)14-33-15-18(26)23(29)30-8/h13,18H,14-15,26H2,1-12H3,(H,27,28)/t18-/m0/s1. The number of hydrogen-bond acceptors (Lipinski definition) is 7. The van der Waals surface area contributed by atoms with Crippen molar-refractivity contribution in [2.24, 2.45) is 5.73 Å². The van der Waals surface area contributed by atoms with Crippen molar-refractivity contribution in [2.75, 3.05) is 12.9 Å². The van der Waals surface area contributed by atoms with Crippen LogP contribution in [0.2, 0.25) is 36.3 Å². The maximum Gasteiger partial charge on any atom is 0.336 e. The summed E-state index contributed by atoms with van der Waals surface area (Å²) in [6.07, 6.45) is 0.